The highest BCUT2D eigenvalue weighted by atomic mass is 16.3. The average molecular weight is 509 g/mol. The molecule has 0 radical (unpaired) electrons. The summed E-state index contributed by atoms with van der Waals surface area (Å²) in [6, 6.07) is 14.4. The highest BCUT2D eigenvalue weighted by Crippen LogP contribution is 2.57. The summed E-state index contributed by atoms with van der Waals surface area (Å²) in [5.74, 6) is 1.83. The number of nitrogens with zero attached hydrogens (tertiary/aromatic N) is 2. The van der Waals surface area contributed by atoms with E-state index in [2.05, 4.69) is 109 Å². The van der Waals surface area contributed by atoms with E-state index < -0.39 is 0 Å². The Kier molecular flexibility index (Phi) is 5.87. The van der Waals surface area contributed by atoms with Gasteiger partial charge >= 0.3 is 0 Å². The van der Waals surface area contributed by atoms with E-state index in [1.54, 1.807) is 0 Å². The smallest absolute Gasteiger partial charge is 0.141 e. The van der Waals surface area contributed by atoms with Gasteiger partial charge in [-0.2, -0.15) is 0 Å². The minimum absolute atomic E-state index is 0.166. The fourth-order valence-electron chi connectivity index (χ4n) is 7.09. The Bertz CT molecular complexity index is 1550. The molecule has 0 bridgehead atoms. The van der Waals surface area contributed by atoms with Gasteiger partial charge in [-0.25, -0.2) is 0 Å². The molecule has 2 aliphatic heterocycles. The van der Waals surface area contributed by atoms with Crippen molar-refractivity contribution in [2.75, 3.05) is 23.5 Å². The van der Waals surface area contributed by atoms with Crippen molar-refractivity contribution in [2.45, 2.75) is 80.1 Å². The molecule has 0 atom stereocenters. The maximum absolute atomic E-state index is 6.98. The SMILES string of the molecule is CC(C)Cc1cc2c3c(c1)C(C)(C)c1c(ccc4c1oc1c(CC(C)C)cc(CC(C)C)cc14)N3CN2C. The first-order valence-corrected chi connectivity index (χ1v) is 14.6. The van der Waals surface area contributed by atoms with Crippen molar-refractivity contribution in [3.05, 3.63) is 64.2 Å². The molecule has 0 spiro atoms. The predicted molar refractivity (Wildman–Crippen MR) is 163 cm³/mol. The van der Waals surface area contributed by atoms with Crippen LogP contribution in [0.1, 0.15) is 83.2 Å². The molecular formula is C35H44N2O. The molecule has 3 aromatic carbocycles. The molecule has 2 aliphatic rings. The Hall–Kier alpha value is -2.94. The van der Waals surface area contributed by atoms with Crippen LogP contribution in [-0.4, -0.2) is 13.7 Å². The maximum Gasteiger partial charge on any atom is 0.141 e. The monoisotopic (exact) mass is 508 g/mol. The number of furan rings is 1. The summed E-state index contributed by atoms with van der Waals surface area (Å²) in [5.41, 5.74) is 13.0. The third kappa shape index (κ3) is 3.84. The molecule has 1 aromatic heterocycles. The van der Waals surface area contributed by atoms with E-state index in [-0.39, 0.29) is 5.41 Å². The summed E-state index contributed by atoms with van der Waals surface area (Å²) >= 11 is 0. The van der Waals surface area contributed by atoms with Gasteiger partial charge in [0.15, 0.2) is 0 Å². The normalized spacial score (nSPS) is 16.0. The topological polar surface area (TPSA) is 19.6 Å². The highest BCUT2D eigenvalue weighted by molar-refractivity contribution is 6.10. The summed E-state index contributed by atoms with van der Waals surface area (Å²) in [7, 11) is 2.23. The molecule has 3 heterocycles. The first-order chi connectivity index (χ1) is 18.0. The average Bonchev–Trinajstić information content (AvgIpc) is 3.34. The van der Waals surface area contributed by atoms with Crippen molar-refractivity contribution in [1.29, 1.82) is 0 Å². The van der Waals surface area contributed by atoms with Crippen LogP contribution in [0.3, 0.4) is 0 Å². The molecule has 0 saturated heterocycles. The van der Waals surface area contributed by atoms with Crippen LogP contribution in [0.25, 0.3) is 21.9 Å². The molecule has 0 amide bonds. The van der Waals surface area contributed by atoms with E-state index in [1.165, 1.54) is 55.7 Å². The fraction of sp³-hybridized carbons (Fsp3) is 0.486. The second-order valence-corrected chi connectivity index (χ2v) is 13.8. The van der Waals surface area contributed by atoms with Crippen LogP contribution in [-0.2, 0) is 24.7 Å². The lowest BCUT2D eigenvalue weighted by atomic mass is 9.72. The molecule has 0 unspecified atom stereocenters. The largest absolute Gasteiger partial charge is 0.455 e. The van der Waals surface area contributed by atoms with Crippen LogP contribution < -0.4 is 9.80 Å². The minimum Gasteiger partial charge on any atom is -0.455 e. The van der Waals surface area contributed by atoms with Gasteiger partial charge in [-0.15, -0.1) is 0 Å². The van der Waals surface area contributed by atoms with Gasteiger partial charge in [0.2, 0.25) is 0 Å². The summed E-state index contributed by atoms with van der Waals surface area (Å²) in [5, 5.41) is 2.54. The van der Waals surface area contributed by atoms with Gasteiger partial charge in [0.05, 0.1) is 23.7 Å². The van der Waals surface area contributed by atoms with E-state index in [4.69, 9.17) is 4.42 Å². The van der Waals surface area contributed by atoms with Gasteiger partial charge in [0.25, 0.3) is 0 Å². The third-order valence-corrected chi connectivity index (χ3v) is 8.55. The zero-order chi connectivity index (χ0) is 27.1. The van der Waals surface area contributed by atoms with Crippen LogP contribution in [0.4, 0.5) is 17.1 Å². The third-order valence-electron chi connectivity index (χ3n) is 8.55. The number of fused-ring (bicyclic) bond motifs is 6. The second kappa shape index (κ2) is 8.79. The van der Waals surface area contributed by atoms with Gasteiger partial charge in [0, 0.05) is 28.8 Å². The molecule has 4 aromatic rings. The summed E-state index contributed by atoms with van der Waals surface area (Å²) < 4.78 is 6.98. The van der Waals surface area contributed by atoms with Crippen LogP contribution >= 0.6 is 0 Å². The van der Waals surface area contributed by atoms with Crippen molar-refractivity contribution in [3.63, 3.8) is 0 Å². The molecule has 0 saturated carbocycles. The van der Waals surface area contributed by atoms with Crippen molar-refractivity contribution in [2.24, 2.45) is 17.8 Å². The Balaban J connectivity index is 1.63. The summed E-state index contributed by atoms with van der Waals surface area (Å²) in [4.78, 5) is 4.94. The predicted octanol–water partition coefficient (Wildman–Crippen LogP) is 9.37. The molecular weight excluding hydrogens is 464 g/mol. The van der Waals surface area contributed by atoms with Gasteiger partial charge in [-0.05, 0) is 83.5 Å². The zero-order valence-electron chi connectivity index (χ0n) is 24.8. The maximum atomic E-state index is 6.98. The second-order valence-electron chi connectivity index (χ2n) is 13.8. The molecule has 0 N–H and O–H groups in total. The zero-order valence-corrected chi connectivity index (χ0v) is 24.8. The van der Waals surface area contributed by atoms with Crippen molar-refractivity contribution in [1.82, 2.24) is 0 Å². The molecule has 6 rings (SSSR count). The minimum atomic E-state index is -0.166. The lowest BCUT2D eigenvalue weighted by Gasteiger charge is -2.39. The van der Waals surface area contributed by atoms with E-state index >= 15 is 0 Å². The Morgan fingerprint density at radius 3 is 2.08 bits per heavy atom. The van der Waals surface area contributed by atoms with Gasteiger partial charge in [-0.1, -0.05) is 67.5 Å². The molecule has 38 heavy (non-hydrogen) atoms. The van der Waals surface area contributed by atoms with Crippen molar-refractivity contribution < 1.29 is 4.42 Å². The van der Waals surface area contributed by atoms with Crippen LogP contribution in [0.5, 0.6) is 0 Å². The van der Waals surface area contributed by atoms with E-state index in [9.17, 15) is 0 Å². The number of hydrogen-bond donors (Lipinski definition) is 0. The standard InChI is InChI=1S/C35H44N2O/c1-20(2)12-23-15-25(14-22(5)6)33-27(16-23)26-10-11-29-31(34(26)38-33)35(7,8)28-17-24(13-21(3)4)18-30-32(28)37(29)19-36(30)9/h10-11,15-18,20-22H,12-14,19H2,1-9H3. The quantitative estimate of drug-likeness (QED) is 0.259. The number of rotatable bonds is 6. The lowest BCUT2D eigenvalue weighted by Crippen LogP contribution is -2.33. The van der Waals surface area contributed by atoms with Crippen LogP contribution in [0.15, 0.2) is 40.8 Å². The number of anilines is 3. The fourth-order valence-corrected chi connectivity index (χ4v) is 7.09. The first kappa shape index (κ1) is 25.3. The van der Waals surface area contributed by atoms with Crippen LogP contribution in [0, 0.1) is 17.8 Å². The van der Waals surface area contributed by atoms with Crippen molar-refractivity contribution in [3.8, 4) is 0 Å². The Morgan fingerprint density at radius 2 is 1.42 bits per heavy atom. The number of hydrogen-bond acceptors (Lipinski definition) is 3. The van der Waals surface area contributed by atoms with Crippen LogP contribution in [0.2, 0.25) is 0 Å². The van der Waals surface area contributed by atoms with Crippen molar-refractivity contribution >= 4 is 39.0 Å². The first-order valence-electron chi connectivity index (χ1n) is 14.6. The van der Waals surface area contributed by atoms with E-state index in [0.717, 1.165) is 37.1 Å². The molecule has 200 valence electrons. The Labute approximate surface area is 228 Å². The van der Waals surface area contributed by atoms with E-state index in [1.807, 2.05) is 0 Å². The molecule has 0 fully saturated rings. The summed E-state index contributed by atoms with van der Waals surface area (Å²) in [6.07, 6.45) is 3.23. The van der Waals surface area contributed by atoms with E-state index in [0.29, 0.717) is 17.8 Å². The highest BCUT2D eigenvalue weighted by Gasteiger charge is 2.43. The lowest BCUT2D eigenvalue weighted by molar-refractivity contribution is 0.590. The molecule has 0 aliphatic carbocycles. The molecule has 3 heteroatoms. The molecule has 3 nitrogen and oxygen atoms in total. The Morgan fingerprint density at radius 1 is 0.763 bits per heavy atom. The summed E-state index contributed by atoms with van der Waals surface area (Å²) in [6.45, 7) is 19.5. The van der Waals surface area contributed by atoms with Gasteiger partial charge < -0.3 is 14.2 Å². The van der Waals surface area contributed by atoms with Gasteiger partial charge in [0.1, 0.15) is 11.2 Å². The number of benzene rings is 3. The van der Waals surface area contributed by atoms with Gasteiger partial charge in [-0.3, -0.25) is 0 Å².